The van der Waals surface area contributed by atoms with Crippen LogP contribution in [0.15, 0.2) is 78.0 Å². The number of benzene rings is 2. The minimum Gasteiger partial charge on any atom is -0.487 e. The first kappa shape index (κ1) is 19.2. The van der Waals surface area contributed by atoms with E-state index in [1.165, 1.54) is 0 Å². The second kappa shape index (κ2) is 7.17. The molecule has 0 amide bonds. The summed E-state index contributed by atoms with van der Waals surface area (Å²) >= 11 is 0. The molecule has 0 aliphatic heterocycles. The molecule has 3 aromatic heterocycles. The van der Waals surface area contributed by atoms with Crippen molar-refractivity contribution in [2.75, 3.05) is 12.0 Å². The Morgan fingerprint density at radius 2 is 1.90 bits per heavy atom. The highest BCUT2D eigenvalue weighted by Gasteiger charge is 2.17. The third-order valence-electron chi connectivity index (χ3n) is 5.18. The number of H-pyrrole nitrogens is 1. The average Bonchev–Trinajstić information content (AvgIpc) is 3.32. The molecule has 0 unspecified atom stereocenters. The summed E-state index contributed by atoms with van der Waals surface area (Å²) in [6.45, 7) is 0.417. The van der Waals surface area contributed by atoms with Gasteiger partial charge in [-0.05, 0) is 35.4 Å². The van der Waals surface area contributed by atoms with Gasteiger partial charge in [0.05, 0.1) is 22.3 Å². The molecule has 0 saturated carbocycles. The van der Waals surface area contributed by atoms with E-state index in [-0.39, 0.29) is 10.6 Å². The van der Waals surface area contributed by atoms with Crippen LogP contribution in [0.1, 0.15) is 5.56 Å². The van der Waals surface area contributed by atoms with Gasteiger partial charge in [-0.15, -0.1) is 5.10 Å². The van der Waals surface area contributed by atoms with E-state index in [4.69, 9.17) is 10.5 Å². The lowest BCUT2D eigenvalue weighted by molar-refractivity contribution is 0.304. The van der Waals surface area contributed by atoms with Crippen LogP contribution in [0.2, 0.25) is 0 Å². The number of rotatable bonds is 5. The molecule has 7 nitrogen and oxygen atoms in total. The van der Waals surface area contributed by atoms with Crippen LogP contribution >= 0.6 is 0 Å². The molecule has 2 aromatic carbocycles. The lowest BCUT2D eigenvalue weighted by Crippen LogP contribution is -2.03. The predicted octanol–water partition coefficient (Wildman–Crippen LogP) is 4.05. The summed E-state index contributed by atoms with van der Waals surface area (Å²) < 4.78 is 31.8. The molecule has 0 aliphatic carbocycles. The summed E-state index contributed by atoms with van der Waals surface area (Å²) in [6.07, 6.45) is 4.82. The molecule has 3 N–H and O–H groups in total. The summed E-state index contributed by atoms with van der Waals surface area (Å²) in [4.78, 5) is 3.24. The standard InChI is InChI=1S/C23H20N4O3S/c1-31(28,29)21-8-7-16(11-20(21)24)19-12-17(30-14-15-5-3-2-4-6-15)13-27-22(19)18-9-10-25-23(18)26-27/h2-13H,14,24H2,1H3,(H,25,26). The van der Waals surface area contributed by atoms with Crippen molar-refractivity contribution < 1.29 is 13.2 Å². The molecule has 0 fully saturated rings. The highest BCUT2D eigenvalue weighted by Crippen LogP contribution is 2.35. The molecule has 31 heavy (non-hydrogen) atoms. The summed E-state index contributed by atoms with van der Waals surface area (Å²) in [5.74, 6) is 0.641. The highest BCUT2D eigenvalue weighted by atomic mass is 32.2. The lowest BCUT2D eigenvalue weighted by atomic mass is 10.0. The third kappa shape index (κ3) is 3.51. The van der Waals surface area contributed by atoms with Gasteiger partial charge in [-0.25, -0.2) is 12.9 Å². The van der Waals surface area contributed by atoms with Crippen LogP contribution < -0.4 is 10.5 Å². The van der Waals surface area contributed by atoms with Gasteiger partial charge in [0.2, 0.25) is 0 Å². The number of nitrogens with zero attached hydrogens (tertiary/aromatic N) is 2. The van der Waals surface area contributed by atoms with Crippen LogP contribution in [0, 0.1) is 0 Å². The van der Waals surface area contributed by atoms with E-state index in [9.17, 15) is 8.42 Å². The van der Waals surface area contributed by atoms with Crippen molar-refractivity contribution >= 4 is 32.1 Å². The number of anilines is 1. The maximum atomic E-state index is 12.0. The minimum absolute atomic E-state index is 0.115. The number of hydrogen-bond acceptors (Lipinski definition) is 5. The second-order valence-corrected chi connectivity index (χ2v) is 9.41. The quantitative estimate of drug-likeness (QED) is 0.408. The first-order chi connectivity index (χ1) is 14.9. The zero-order valence-corrected chi connectivity index (χ0v) is 17.6. The average molecular weight is 433 g/mol. The smallest absolute Gasteiger partial charge is 0.177 e. The molecule has 8 heteroatoms. The summed E-state index contributed by atoms with van der Waals surface area (Å²) in [5.41, 5.74) is 10.6. The molecule has 0 bridgehead atoms. The summed E-state index contributed by atoms with van der Waals surface area (Å²) in [7, 11) is -3.41. The van der Waals surface area contributed by atoms with E-state index in [1.54, 1.807) is 22.7 Å². The highest BCUT2D eigenvalue weighted by molar-refractivity contribution is 7.90. The number of hydrogen-bond donors (Lipinski definition) is 2. The first-order valence-corrected chi connectivity index (χ1v) is 11.6. The van der Waals surface area contributed by atoms with E-state index in [2.05, 4.69) is 10.1 Å². The van der Waals surface area contributed by atoms with Gasteiger partial charge in [-0.3, -0.25) is 0 Å². The molecule has 3 heterocycles. The molecular weight excluding hydrogens is 412 g/mol. The first-order valence-electron chi connectivity index (χ1n) is 9.66. The van der Waals surface area contributed by atoms with Crippen LogP contribution in [0.3, 0.4) is 0 Å². The predicted molar refractivity (Wildman–Crippen MR) is 121 cm³/mol. The fourth-order valence-electron chi connectivity index (χ4n) is 3.74. The number of ether oxygens (including phenoxy) is 1. The number of nitrogens with one attached hydrogen (secondary N) is 1. The second-order valence-electron chi connectivity index (χ2n) is 7.42. The molecule has 0 radical (unpaired) electrons. The van der Waals surface area contributed by atoms with Crippen LogP contribution in [-0.4, -0.2) is 29.3 Å². The van der Waals surface area contributed by atoms with Crippen molar-refractivity contribution in [3.05, 3.63) is 78.6 Å². The topological polar surface area (TPSA) is 102 Å². The normalized spacial score (nSPS) is 11.9. The summed E-state index contributed by atoms with van der Waals surface area (Å²) in [5, 5.41) is 5.56. The van der Waals surface area contributed by atoms with Gasteiger partial charge in [-0.1, -0.05) is 36.4 Å². The Kier molecular flexibility index (Phi) is 4.44. The van der Waals surface area contributed by atoms with Gasteiger partial charge in [0, 0.05) is 23.4 Å². The van der Waals surface area contributed by atoms with Gasteiger partial charge >= 0.3 is 0 Å². The molecule has 0 spiro atoms. The maximum absolute atomic E-state index is 12.0. The third-order valence-corrected chi connectivity index (χ3v) is 6.35. The molecule has 0 aliphatic rings. The van der Waals surface area contributed by atoms with E-state index in [0.717, 1.165) is 39.5 Å². The molecule has 156 valence electrons. The molecule has 5 rings (SSSR count). The van der Waals surface area contributed by atoms with E-state index < -0.39 is 9.84 Å². The molecule has 0 saturated heterocycles. The summed E-state index contributed by atoms with van der Waals surface area (Å²) in [6, 6.07) is 18.8. The van der Waals surface area contributed by atoms with Crippen LogP contribution in [0.25, 0.3) is 27.7 Å². The van der Waals surface area contributed by atoms with Crippen LogP contribution in [0.4, 0.5) is 5.69 Å². The van der Waals surface area contributed by atoms with Gasteiger partial charge in [0.25, 0.3) is 0 Å². The van der Waals surface area contributed by atoms with Crippen molar-refractivity contribution in [1.82, 2.24) is 14.6 Å². The number of aromatic amines is 1. The number of nitrogen functional groups attached to an aromatic ring is 1. The number of sulfone groups is 1. The van der Waals surface area contributed by atoms with Gasteiger partial charge in [0.15, 0.2) is 15.5 Å². The maximum Gasteiger partial charge on any atom is 0.177 e. The SMILES string of the molecule is CS(=O)(=O)c1ccc(-c2cc(OCc3ccccc3)cn3nc4[nH]ccc4c23)cc1N. The van der Waals surface area contributed by atoms with E-state index >= 15 is 0 Å². The van der Waals surface area contributed by atoms with Crippen molar-refractivity contribution in [3.63, 3.8) is 0 Å². The Morgan fingerprint density at radius 1 is 1.10 bits per heavy atom. The van der Waals surface area contributed by atoms with Crippen molar-refractivity contribution in [2.24, 2.45) is 0 Å². The molecule has 5 aromatic rings. The minimum atomic E-state index is -3.41. The number of fused-ring (bicyclic) bond motifs is 3. The van der Waals surface area contributed by atoms with Crippen molar-refractivity contribution in [3.8, 4) is 16.9 Å². The Hall–Kier alpha value is -3.78. The monoisotopic (exact) mass is 432 g/mol. The van der Waals surface area contributed by atoms with Gasteiger partial charge in [-0.2, -0.15) is 0 Å². The van der Waals surface area contributed by atoms with Crippen LogP contribution in [0.5, 0.6) is 5.75 Å². The number of aromatic nitrogens is 3. The van der Waals surface area contributed by atoms with Crippen molar-refractivity contribution in [2.45, 2.75) is 11.5 Å². The zero-order valence-electron chi connectivity index (χ0n) is 16.7. The Bertz CT molecular complexity index is 1520. The van der Waals surface area contributed by atoms with Gasteiger partial charge in [0.1, 0.15) is 12.4 Å². The largest absolute Gasteiger partial charge is 0.487 e. The number of nitrogens with two attached hydrogens (primary N) is 1. The zero-order chi connectivity index (χ0) is 21.6. The molecular formula is C23H20N4O3S. The fourth-order valence-corrected chi connectivity index (χ4v) is 4.54. The van der Waals surface area contributed by atoms with E-state index in [0.29, 0.717) is 12.4 Å². The number of pyridine rings is 1. The molecule has 0 atom stereocenters. The Labute approximate surface area is 179 Å². The van der Waals surface area contributed by atoms with Gasteiger partial charge < -0.3 is 15.5 Å². The Morgan fingerprint density at radius 3 is 2.65 bits per heavy atom. The fraction of sp³-hybridized carbons (Fsp3) is 0.0870. The lowest BCUT2D eigenvalue weighted by Gasteiger charge is -2.12. The van der Waals surface area contributed by atoms with E-state index in [1.807, 2.05) is 54.9 Å². The van der Waals surface area contributed by atoms with Crippen molar-refractivity contribution in [1.29, 1.82) is 0 Å². The Balaban J connectivity index is 1.65. The van der Waals surface area contributed by atoms with Crippen LogP contribution in [-0.2, 0) is 16.4 Å².